The Balaban J connectivity index is 0.00000280. The topological polar surface area (TPSA) is 68.2 Å². The number of aromatic nitrogens is 2. The highest BCUT2D eigenvalue weighted by molar-refractivity contribution is 5.92. The summed E-state index contributed by atoms with van der Waals surface area (Å²) < 4.78 is 7.93. The predicted octanol–water partition coefficient (Wildman–Crippen LogP) is 3.65. The second kappa shape index (κ2) is 10.5. The lowest BCUT2D eigenvalue weighted by Gasteiger charge is -2.22. The molecule has 0 radical (unpaired) electrons. The van der Waals surface area contributed by atoms with Gasteiger partial charge in [0.2, 0.25) is 0 Å². The van der Waals surface area contributed by atoms with E-state index in [0.717, 1.165) is 49.2 Å². The first-order valence-corrected chi connectivity index (χ1v) is 9.87. The molecule has 2 unspecified atom stereocenters. The van der Waals surface area contributed by atoms with Crippen LogP contribution in [0, 0.1) is 6.92 Å². The van der Waals surface area contributed by atoms with Gasteiger partial charge in [-0.25, -0.2) is 0 Å². The van der Waals surface area contributed by atoms with Crippen molar-refractivity contribution in [3.05, 3.63) is 47.3 Å². The van der Waals surface area contributed by atoms with Crippen LogP contribution >= 0.6 is 12.4 Å². The van der Waals surface area contributed by atoms with E-state index in [1.54, 1.807) is 6.07 Å². The predicted molar refractivity (Wildman–Crippen MR) is 113 cm³/mol. The Hall–Kier alpha value is -2.05. The number of piperidine rings is 1. The SMILES string of the molecule is CCC(C)Oc1cc(C)ccc1CNC(=O)c1ccn(C2CCCNC2)n1.Cl. The molecule has 7 heteroatoms. The molecule has 0 saturated carbocycles. The molecule has 154 valence electrons. The van der Waals surface area contributed by atoms with Gasteiger partial charge in [-0.05, 0) is 57.4 Å². The maximum absolute atomic E-state index is 12.5. The molecule has 6 nitrogen and oxygen atoms in total. The lowest BCUT2D eigenvalue weighted by atomic mass is 10.1. The quantitative estimate of drug-likeness (QED) is 0.736. The van der Waals surface area contributed by atoms with Crippen molar-refractivity contribution >= 4 is 18.3 Å². The van der Waals surface area contributed by atoms with Crippen LogP contribution in [0.4, 0.5) is 0 Å². The van der Waals surface area contributed by atoms with Gasteiger partial charge in [0.05, 0.1) is 12.1 Å². The van der Waals surface area contributed by atoms with Crippen LogP contribution in [0.2, 0.25) is 0 Å². The number of ether oxygens (including phenoxy) is 1. The molecule has 0 aliphatic carbocycles. The number of carbonyl (C=O) groups excluding carboxylic acids is 1. The van der Waals surface area contributed by atoms with Crippen LogP contribution in [-0.2, 0) is 6.54 Å². The summed E-state index contributed by atoms with van der Waals surface area (Å²) >= 11 is 0. The van der Waals surface area contributed by atoms with Crippen molar-refractivity contribution in [2.24, 2.45) is 0 Å². The maximum Gasteiger partial charge on any atom is 0.272 e. The Labute approximate surface area is 173 Å². The highest BCUT2D eigenvalue weighted by Crippen LogP contribution is 2.22. The molecule has 0 spiro atoms. The van der Waals surface area contributed by atoms with E-state index >= 15 is 0 Å². The van der Waals surface area contributed by atoms with Crippen LogP contribution < -0.4 is 15.4 Å². The van der Waals surface area contributed by atoms with Crippen molar-refractivity contribution in [3.63, 3.8) is 0 Å². The normalized spacial score (nSPS) is 17.5. The summed E-state index contributed by atoms with van der Waals surface area (Å²) in [5, 5.41) is 10.8. The fourth-order valence-electron chi connectivity index (χ4n) is 3.21. The molecular weight excluding hydrogens is 376 g/mol. The van der Waals surface area contributed by atoms with Crippen LogP contribution in [0.3, 0.4) is 0 Å². The molecule has 2 heterocycles. The smallest absolute Gasteiger partial charge is 0.272 e. The minimum Gasteiger partial charge on any atom is -0.490 e. The fraction of sp³-hybridized carbons (Fsp3) is 0.524. The highest BCUT2D eigenvalue weighted by Gasteiger charge is 2.18. The van der Waals surface area contributed by atoms with Crippen molar-refractivity contribution in [2.45, 2.75) is 58.7 Å². The molecule has 3 rings (SSSR count). The molecule has 1 saturated heterocycles. The Morgan fingerprint density at radius 2 is 2.25 bits per heavy atom. The maximum atomic E-state index is 12.5. The van der Waals surface area contributed by atoms with E-state index in [1.807, 2.05) is 36.0 Å². The minimum absolute atomic E-state index is 0. The molecule has 1 aromatic heterocycles. The summed E-state index contributed by atoms with van der Waals surface area (Å²) in [6, 6.07) is 8.19. The average Bonchev–Trinajstić information content (AvgIpc) is 3.18. The van der Waals surface area contributed by atoms with E-state index in [-0.39, 0.29) is 24.4 Å². The van der Waals surface area contributed by atoms with Crippen molar-refractivity contribution in [2.75, 3.05) is 13.1 Å². The summed E-state index contributed by atoms with van der Waals surface area (Å²) in [5.74, 6) is 0.677. The number of aryl methyl sites for hydroxylation is 1. The number of amides is 1. The zero-order chi connectivity index (χ0) is 19.2. The van der Waals surface area contributed by atoms with E-state index < -0.39 is 0 Å². The van der Waals surface area contributed by atoms with Gasteiger partial charge in [-0.3, -0.25) is 9.48 Å². The molecule has 2 aromatic rings. The van der Waals surface area contributed by atoms with E-state index in [1.165, 1.54) is 0 Å². The van der Waals surface area contributed by atoms with Gasteiger partial charge in [-0.2, -0.15) is 5.10 Å². The number of rotatable bonds is 7. The van der Waals surface area contributed by atoms with Gasteiger partial charge in [-0.1, -0.05) is 19.1 Å². The molecule has 1 aliphatic heterocycles. The fourth-order valence-corrected chi connectivity index (χ4v) is 3.21. The van der Waals surface area contributed by atoms with Crippen molar-refractivity contribution in [1.29, 1.82) is 0 Å². The zero-order valence-electron chi connectivity index (χ0n) is 16.9. The molecular formula is C21H31ClN4O2. The molecule has 0 bridgehead atoms. The molecule has 1 aromatic carbocycles. The van der Waals surface area contributed by atoms with Crippen LogP contribution in [0.25, 0.3) is 0 Å². The second-order valence-corrected chi connectivity index (χ2v) is 7.31. The average molecular weight is 407 g/mol. The zero-order valence-corrected chi connectivity index (χ0v) is 17.7. The van der Waals surface area contributed by atoms with Crippen molar-refractivity contribution < 1.29 is 9.53 Å². The number of nitrogens with zero attached hydrogens (tertiary/aromatic N) is 2. The lowest BCUT2D eigenvalue weighted by Crippen LogP contribution is -2.32. The third-order valence-corrected chi connectivity index (χ3v) is 5.05. The summed E-state index contributed by atoms with van der Waals surface area (Å²) in [5.41, 5.74) is 2.57. The Morgan fingerprint density at radius 3 is 2.96 bits per heavy atom. The minimum atomic E-state index is -0.160. The standard InChI is InChI=1S/C21H30N4O2.ClH/c1-4-16(3)27-20-12-15(2)7-8-17(20)13-23-21(26)19-9-11-25(24-19)18-6-5-10-22-14-18;/h7-9,11-12,16,18,22H,4-6,10,13-14H2,1-3H3,(H,23,26);1H. The van der Waals surface area contributed by atoms with Gasteiger partial charge < -0.3 is 15.4 Å². The number of halogens is 1. The largest absolute Gasteiger partial charge is 0.490 e. The molecule has 1 fully saturated rings. The summed E-state index contributed by atoms with van der Waals surface area (Å²) in [7, 11) is 0. The second-order valence-electron chi connectivity index (χ2n) is 7.31. The lowest BCUT2D eigenvalue weighted by molar-refractivity contribution is 0.0944. The van der Waals surface area contributed by atoms with Gasteiger partial charge in [0.15, 0.2) is 0 Å². The third kappa shape index (κ3) is 5.72. The van der Waals surface area contributed by atoms with Crippen molar-refractivity contribution in [1.82, 2.24) is 20.4 Å². The van der Waals surface area contributed by atoms with Gasteiger partial charge in [-0.15, -0.1) is 12.4 Å². The van der Waals surface area contributed by atoms with Crippen molar-refractivity contribution in [3.8, 4) is 5.75 Å². The molecule has 28 heavy (non-hydrogen) atoms. The van der Waals surface area contributed by atoms with E-state index in [4.69, 9.17) is 4.74 Å². The van der Waals surface area contributed by atoms with E-state index in [9.17, 15) is 4.79 Å². The molecule has 1 amide bonds. The van der Waals surface area contributed by atoms with Crippen LogP contribution in [0.1, 0.15) is 60.8 Å². The van der Waals surface area contributed by atoms with Gasteiger partial charge >= 0.3 is 0 Å². The van der Waals surface area contributed by atoms with Gasteiger partial charge in [0, 0.05) is 24.8 Å². The highest BCUT2D eigenvalue weighted by atomic mass is 35.5. The third-order valence-electron chi connectivity index (χ3n) is 5.05. The first-order chi connectivity index (χ1) is 13.1. The summed E-state index contributed by atoms with van der Waals surface area (Å²) in [4.78, 5) is 12.5. The van der Waals surface area contributed by atoms with Crippen LogP contribution in [-0.4, -0.2) is 34.9 Å². The van der Waals surface area contributed by atoms with E-state index in [2.05, 4.69) is 29.6 Å². The monoisotopic (exact) mass is 406 g/mol. The molecule has 1 aliphatic rings. The van der Waals surface area contributed by atoms with Crippen LogP contribution in [0.15, 0.2) is 30.5 Å². The van der Waals surface area contributed by atoms with Gasteiger partial charge in [0.25, 0.3) is 5.91 Å². The van der Waals surface area contributed by atoms with E-state index in [0.29, 0.717) is 18.3 Å². The summed E-state index contributed by atoms with van der Waals surface area (Å²) in [6.07, 6.45) is 5.21. The number of nitrogens with one attached hydrogen (secondary N) is 2. The van der Waals surface area contributed by atoms with Crippen LogP contribution in [0.5, 0.6) is 5.75 Å². The number of hydrogen-bond donors (Lipinski definition) is 2. The number of benzene rings is 1. The Bertz CT molecular complexity index is 772. The Morgan fingerprint density at radius 1 is 1.43 bits per heavy atom. The number of hydrogen-bond acceptors (Lipinski definition) is 4. The first kappa shape index (κ1) is 22.2. The number of carbonyl (C=O) groups is 1. The summed E-state index contributed by atoms with van der Waals surface area (Å²) in [6.45, 7) is 8.57. The first-order valence-electron chi connectivity index (χ1n) is 9.87. The Kier molecular flexibility index (Phi) is 8.33. The van der Waals surface area contributed by atoms with Gasteiger partial charge in [0.1, 0.15) is 11.4 Å². The molecule has 2 N–H and O–H groups in total. The molecule has 2 atom stereocenters.